The van der Waals surface area contributed by atoms with E-state index in [9.17, 15) is 4.79 Å². The lowest BCUT2D eigenvalue weighted by Crippen LogP contribution is -2.42. The molecule has 1 heterocycles. The second-order valence-corrected chi connectivity index (χ2v) is 6.16. The first-order valence-corrected chi connectivity index (χ1v) is 7.28. The van der Waals surface area contributed by atoms with Crippen molar-refractivity contribution in [2.24, 2.45) is 0 Å². The molecule has 1 amide bonds. The molecule has 21 heavy (non-hydrogen) atoms. The third-order valence-corrected chi connectivity index (χ3v) is 3.96. The summed E-state index contributed by atoms with van der Waals surface area (Å²) in [6.07, 6.45) is 0.872. The van der Waals surface area contributed by atoms with Crippen LogP contribution in [0.3, 0.4) is 0 Å². The second kappa shape index (κ2) is 5.72. The van der Waals surface area contributed by atoms with Gasteiger partial charge in [0.25, 0.3) is 5.91 Å². The molecule has 0 saturated heterocycles. The van der Waals surface area contributed by atoms with Gasteiger partial charge < -0.3 is 5.32 Å². The third kappa shape index (κ3) is 3.51. The first kappa shape index (κ1) is 15.3. The standard InChI is InChI=1S/C17H23N3O/c1-6-17(4,5)18-16(21)15-10-14(19-20-15)13-8-7-11(2)12(3)9-13/h7-10H,6H2,1-5H3,(H,18,21)(H,19,20). The summed E-state index contributed by atoms with van der Waals surface area (Å²) in [6.45, 7) is 10.2. The molecule has 1 aromatic carbocycles. The molecule has 4 nitrogen and oxygen atoms in total. The molecule has 0 unspecified atom stereocenters. The van der Waals surface area contributed by atoms with Crippen LogP contribution in [0, 0.1) is 13.8 Å². The maximum Gasteiger partial charge on any atom is 0.269 e. The van der Waals surface area contributed by atoms with Crippen LogP contribution in [0.1, 0.15) is 48.8 Å². The molecule has 2 rings (SSSR count). The number of H-pyrrole nitrogens is 1. The topological polar surface area (TPSA) is 57.8 Å². The van der Waals surface area contributed by atoms with Gasteiger partial charge in [-0.2, -0.15) is 5.10 Å². The Balaban J connectivity index is 2.21. The first-order valence-electron chi connectivity index (χ1n) is 7.28. The van der Waals surface area contributed by atoms with Crippen LogP contribution in [0.15, 0.2) is 24.3 Å². The molecule has 0 atom stereocenters. The number of rotatable bonds is 4. The fraction of sp³-hybridized carbons (Fsp3) is 0.412. The number of carbonyl (C=O) groups is 1. The van der Waals surface area contributed by atoms with Gasteiger partial charge in [-0.1, -0.05) is 19.1 Å². The summed E-state index contributed by atoms with van der Waals surface area (Å²) in [5, 5.41) is 10.1. The summed E-state index contributed by atoms with van der Waals surface area (Å²) in [5.74, 6) is -0.121. The summed E-state index contributed by atoms with van der Waals surface area (Å²) in [7, 11) is 0. The van der Waals surface area contributed by atoms with Crippen LogP contribution >= 0.6 is 0 Å². The number of amides is 1. The van der Waals surface area contributed by atoms with Crippen LogP contribution in [0.2, 0.25) is 0 Å². The highest BCUT2D eigenvalue weighted by Gasteiger charge is 2.20. The van der Waals surface area contributed by atoms with Crippen molar-refractivity contribution in [3.05, 3.63) is 41.1 Å². The van der Waals surface area contributed by atoms with E-state index in [1.54, 1.807) is 6.07 Å². The summed E-state index contributed by atoms with van der Waals surface area (Å²) < 4.78 is 0. The van der Waals surface area contributed by atoms with Crippen molar-refractivity contribution in [1.29, 1.82) is 0 Å². The van der Waals surface area contributed by atoms with Crippen molar-refractivity contribution >= 4 is 5.91 Å². The molecule has 112 valence electrons. The van der Waals surface area contributed by atoms with Crippen LogP contribution in [0.5, 0.6) is 0 Å². The quantitative estimate of drug-likeness (QED) is 0.901. The molecule has 2 N–H and O–H groups in total. The molecule has 2 aromatic rings. The molecular formula is C17H23N3O. The van der Waals surface area contributed by atoms with Gasteiger partial charge in [-0.25, -0.2) is 0 Å². The first-order chi connectivity index (χ1) is 9.82. The van der Waals surface area contributed by atoms with Gasteiger partial charge in [0, 0.05) is 11.1 Å². The molecule has 0 saturated carbocycles. The Kier molecular flexibility index (Phi) is 4.16. The minimum absolute atomic E-state index is 0.121. The molecule has 4 heteroatoms. The highest BCUT2D eigenvalue weighted by Crippen LogP contribution is 2.21. The molecule has 0 aliphatic heterocycles. The van der Waals surface area contributed by atoms with Crippen LogP contribution in [0.25, 0.3) is 11.3 Å². The number of benzene rings is 1. The zero-order valence-corrected chi connectivity index (χ0v) is 13.4. The van der Waals surface area contributed by atoms with E-state index in [-0.39, 0.29) is 11.4 Å². The fourth-order valence-corrected chi connectivity index (χ4v) is 1.95. The lowest BCUT2D eigenvalue weighted by Gasteiger charge is -2.23. The minimum Gasteiger partial charge on any atom is -0.346 e. The summed E-state index contributed by atoms with van der Waals surface area (Å²) in [6, 6.07) is 7.98. The zero-order valence-electron chi connectivity index (χ0n) is 13.4. The zero-order chi connectivity index (χ0) is 15.6. The van der Waals surface area contributed by atoms with Gasteiger partial charge in [-0.05, 0) is 57.4 Å². The van der Waals surface area contributed by atoms with Gasteiger partial charge in [0.05, 0.1) is 5.69 Å². The van der Waals surface area contributed by atoms with E-state index in [2.05, 4.69) is 41.5 Å². The second-order valence-electron chi connectivity index (χ2n) is 6.16. The molecule has 0 spiro atoms. The van der Waals surface area contributed by atoms with Crippen LogP contribution < -0.4 is 5.32 Å². The Morgan fingerprint density at radius 3 is 2.57 bits per heavy atom. The van der Waals surface area contributed by atoms with Crippen molar-refractivity contribution in [2.45, 2.75) is 46.6 Å². The molecule has 0 radical (unpaired) electrons. The van der Waals surface area contributed by atoms with Crippen LogP contribution in [-0.4, -0.2) is 21.6 Å². The lowest BCUT2D eigenvalue weighted by atomic mass is 10.0. The summed E-state index contributed by atoms with van der Waals surface area (Å²) >= 11 is 0. The van der Waals surface area contributed by atoms with E-state index in [1.807, 2.05) is 26.8 Å². The smallest absolute Gasteiger partial charge is 0.269 e. The van der Waals surface area contributed by atoms with Crippen LogP contribution in [-0.2, 0) is 0 Å². The van der Waals surface area contributed by atoms with Crippen molar-refractivity contribution in [3.8, 4) is 11.3 Å². The third-order valence-electron chi connectivity index (χ3n) is 3.96. The van der Waals surface area contributed by atoms with E-state index < -0.39 is 0 Å². The monoisotopic (exact) mass is 285 g/mol. The largest absolute Gasteiger partial charge is 0.346 e. The molecule has 0 aliphatic carbocycles. The van der Waals surface area contributed by atoms with Crippen molar-refractivity contribution in [1.82, 2.24) is 15.5 Å². The van der Waals surface area contributed by atoms with Crippen molar-refractivity contribution < 1.29 is 4.79 Å². The van der Waals surface area contributed by atoms with Gasteiger partial charge >= 0.3 is 0 Å². The van der Waals surface area contributed by atoms with Crippen molar-refractivity contribution in [3.63, 3.8) is 0 Å². The predicted octanol–water partition coefficient (Wildman–Crippen LogP) is 3.61. The molecule has 1 aromatic heterocycles. The maximum absolute atomic E-state index is 12.2. The molecule has 0 fully saturated rings. The van der Waals surface area contributed by atoms with Gasteiger partial charge in [-0.15, -0.1) is 0 Å². The summed E-state index contributed by atoms with van der Waals surface area (Å²) in [5.41, 5.74) is 4.54. The Labute approximate surface area is 126 Å². The van der Waals surface area contributed by atoms with E-state index in [0.717, 1.165) is 17.7 Å². The van der Waals surface area contributed by atoms with Gasteiger partial charge in [-0.3, -0.25) is 9.89 Å². The van der Waals surface area contributed by atoms with E-state index in [0.29, 0.717) is 5.69 Å². The Bertz CT molecular complexity index is 656. The van der Waals surface area contributed by atoms with Crippen molar-refractivity contribution in [2.75, 3.05) is 0 Å². The lowest BCUT2D eigenvalue weighted by molar-refractivity contribution is 0.0906. The van der Waals surface area contributed by atoms with Gasteiger partial charge in [0.2, 0.25) is 0 Å². The normalized spacial score (nSPS) is 11.5. The van der Waals surface area contributed by atoms with E-state index in [1.165, 1.54) is 11.1 Å². The Morgan fingerprint density at radius 1 is 1.24 bits per heavy atom. The number of nitrogens with zero attached hydrogens (tertiary/aromatic N) is 1. The van der Waals surface area contributed by atoms with Gasteiger partial charge in [0.15, 0.2) is 0 Å². The molecule has 0 bridgehead atoms. The van der Waals surface area contributed by atoms with E-state index in [4.69, 9.17) is 0 Å². The predicted molar refractivity (Wildman–Crippen MR) is 85.3 cm³/mol. The highest BCUT2D eigenvalue weighted by atomic mass is 16.2. The number of nitrogens with one attached hydrogen (secondary N) is 2. The number of aromatic nitrogens is 2. The number of aromatic amines is 1. The Morgan fingerprint density at radius 2 is 1.95 bits per heavy atom. The maximum atomic E-state index is 12.2. The summed E-state index contributed by atoms with van der Waals surface area (Å²) in [4.78, 5) is 12.2. The van der Waals surface area contributed by atoms with Gasteiger partial charge in [0.1, 0.15) is 5.69 Å². The highest BCUT2D eigenvalue weighted by molar-refractivity contribution is 5.93. The number of hydrogen-bond acceptors (Lipinski definition) is 2. The number of hydrogen-bond donors (Lipinski definition) is 2. The minimum atomic E-state index is -0.219. The number of aryl methyl sites for hydroxylation is 2. The fourth-order valence-electron chi connectivity index (χ4n) is 1.95. The molecule has 0 aliphatic rings. The van der Waals surface area contributed by atoms with Crippen LogP contribution in [0.4, 0.5) is 0 Å². The number of carbonyl (C=O) groups excluding carboxylic acids is 1. The Hall–Kier alpha value is -2.10. The average Bonchev–Trinajstić information content (AvgIpc) is 2.91. The SMILES string of the molecule is CCC(C)(C)NC(=O)c1cc(-c2ccc(C)c(C)c2)n[nH]1. The van der Waals surface area contributed by atoms with E-state index >= 15 is 0 Å². The average molecular weight is 285 g/mol. The molecular weight excluding hydrogens is 262 g/mol.